The van der Waals surface area contributed by atoms with Gasteiger partial charge in [0.1, 0.15) is 0 Å². The van der Waals surface area contributed by atoms with Crippen LogP contribution in [0, 0.1) is 0 Å². The summed E-state index contributed by atoms with van der Waals surface area (Å²) in [6, 6.07) is 0. The van der Waals surface area contributed by atoms with E-state index in [1.165, 1.54) is 0 Å². The molecule has 4 nitrogen and oxygen atoms in total. The molecule has 0 saturated heterocycles. The Balaban J connectivity index is -0.0000000800. The van der Waals surface area contributed by atoms with E-state index < -0.39 is 10.4 Å². The molecular formula is H5NaO4SSn. The Bertz CT molecular complexity index is 94.9. The first-order valence-corrected chi connectivity index (χ1v) is 2.10. The van der Waals surface area contributed by atoms with E-state index in [0.29, 0.717) is 0 Å². The monoisotopic (exact) mass is 244 g/mol. The van der Waals surface area contributed by atoms with Crippen molar-refractivity contribution in [2.24, 2.45) is 0 Å². The van der Waals surface area contributed by atoms with Crippen LogP contribution in [-0.2, 0) is 10.4 Å². The Morgan fingerprint density at radius 1 is 1.14 bits per heavy atom. The topological polar surface area (TPSA) is 74.6 Å². The van der Waals surface area contributed by atoms with Crippen molar-refractivity contribution in [1.29, 1.82) is 0 Å². The van der Waals surface area contributed by atoms with Crippen LogP contribution in [0.25, 0.3) is 0 Å². The van der Waals surface area contributed by atoms with E-state index in [1.54, 1.807) is 0 Å². The molecule has 0 aliphatic heterocycles. The molecule has 2 radical (unpaired) electrons. The molecule has 2 N–H and O–H groups in total. The summed E-state index contributed by atoms with van der Waals surface area (Å²) in [6.45, 7) is 0. The van der Waals surface area contributed by atoms with Crippen LogP contribution in [0.1, 0.15) is 0 Å². The molecule has 0 aromatic carbocycles. The van der Waals surface area contributed by atoms with Crippen molar-refractivity contribution in [2.75, 3.05) is 0 Å². The maximum absolute atomic E-state index is 8.74. The average molecular weight is 243 g/mol. The van der Waals surface area contributed by atoms with Gasteiger partial charge < -0.3 is 0 Å². The summed E-state index contributed by atoms with van der Waals surface area (Å²) < 4.78 is 31.6. The van der Waals surface area contributed by atoms with Gasteiger partial charge in [-0.25, -0.2) is 0 Å². The van der Waals surface area contributed by atoms with Crippen molar-refractivity contribution in [3.8, 4) is 0 Å². The van der Waals surface area contributed by atoms with E-state index in [-0.39, 0.29) is 53.5 Å². The molecule has 0 aliphatic rings. The predicted molar refractivity (Wildman–Crippen MR) is 29.9 cm³/mol. The first kappa shape index (κ1) is 15.9. The zero-order valence-electron chi connectivity index (χ0n) is 2.83. The Morgan fingerprint density at radius 2 is 1.14 bits per heavy atom. The Hall–Kier alpha value is 1.67. The first-order chi connectivity index (χ1) is 2.00. The second-order valence-corrected chi connectivity index (χ2v) is 1.34. The summed E-state index contributed by atoms with van der Waals surface area (Å²) in [7, 11) is -4.67. The Morgan fingerprint density at radius 3 is 1.14 bits per heavy atom. The summed E-state index contributed by atoms with van der Waals surface area (Å²) in [5.74, 6) is 0. The van der Waals surface area contributed by atoms with Gasteiger partial charge in [-0.2, -0.15) is 8.42 Å². The van der Waals surface area contributed by atoms with Gasteiger partial charge in [0.2, 0.25) is 0 Å². The molecule has 0 fully saturated rings. The van der Waals surface area contributed by atoms with Crippen molar-refractivity contribution in [2.45, 2.75) is 0 Å². The summed E-state index contributed by atoms with van der Waals surface area (Å²) in [5, 5.41) is 0. The van der Waals surface area contributed by atoms with Crippen molar-refractivity contribution in [3.05, 3.63) is 0 Å². The van der Waals surface area contributed by atoms with E-state index in [2.05, 4.69) is 0 Å². The summed E-state index contributed by atoms with van der Waals surface area (Å²) in [5.41, 5.74) is 0. The van der Waals surface area contributed by atoms with Crippen molar-refractivity contribution < 1.29 is 17.5 Å². The molecule has 0 heterocycles. The second kappa shape index (κ2) is 5.80. The van der Waals surface area contributed by atoms with E-state index >= 15 is 0 Å². The average Bonchev–Trinajstić information content (AvgIpc) is 0.722. The van der Waals surface area contributed by atoms with E-state index in [1.807, 2.05) is 0 Å². The fraction of sp³-hybridized carbons (Fsp3) is 0. The molecule has 0 spiro atoms. The van der Waals surface area contributed by atoms with Gasteiger partial charge in [0.05, 0.1) is 0 Å². The van der Waals surface area contributed by atoms with Gasteiger partial charge in [-0.05, 0) is 0 Å². The summed E-state index contributed by atoms with van der Waals surface area (Å²) in [6.07, 6.45) is 0. The van der Waals surface area contributed by atoms with Crippen LogP contribution in [0.2, 0.25) is 0 Å². The van der Waals surface area contributed by atoms with Crippen molar-refractivity contribution in [3.63, 3.8) is 0 Å². The van der Waals surface area contributed by atoms with Crippen LogP contribution in [0.3, 0.4) is 0 Å². The van der Waals surface area contributed by atoms with Crippen LogP contribution >= 0.6 is 0 Å². The van der Waals surface area contributed by atoms with E-state index in [0.717, 1.165) is 0 Å². The molecule has 0 rings (SSSR count). The molecule has 0 atom stereocenters. The molecule has 0 aliphatic carbocycles. The van der Waals surface area contributed by atoms with Gasteiger partial charge in [0.25, 0.3) is 0 Å². The van der Waals surface area contributed by atoms with Crippen LogP contribution in [0.5, 0.6) is 0 Å². The van der Waals surface area contributed by atoms with Crippen molar-refractivity contribution in [1.82, 2.24) is 0 Å². The third-order valence-corrected chi connectivity index (χ3v) is 0. The molecular weight excluding hydrogens is 238 g/mol. The Kier molecular flexibility index (Phi) is 13.1. The normalized spacial score (nSPS) is 8.29. The fourth-order valence-electron chi connectivity index (χ4n) is 0. The zero-order chi connectivity index (χ0) is 4.50. The van der Waals surface area contributed by atoms with Crippen molar-refractivity contribution >= 4 is 63.9 Å². The number of hydrogen-bond donors (Lipinski definition) is 2. The van der Waals surface area contributed by atoms with Gasteiger partial charge in [-0.15, -0.1) is 0 Å². The van der Waals surface area contributed by atoms with Crippen LogP contribution < -0.4 is 0 Å². The molecule has 7 heteroatoms. The van der Waals surface area contributed by atoms with Gasteiger partial charge in [-0.1, -0.05) is 0 Å². The molecule has 40 valence electrons. The molecule has 0 saturated carbocycles. The maximum atomic E-state index is 8.74. The fourth-order valence-corrected chi connectivity index (χ4v) is 0. The van der Waals surface area contributed by atoms with E-state index in [9.17, 15) is 0 Å². The van der Waals surface area contributed by atoms with Gasteiger partial charge in [0, 0.05) is 0 Å². The summed E-state index contributed by atoms with van der Waals surface area (Å²) >= 11 is 0. The molecule has 7 heavy (non-hydrogen) atoms. The first-order valence-electron chi connectivity index (χ1n) is 0.698. The minimum absolute atomic E-state index is 0. The Labute approximate surface area is 80.5 Å². The van der Waals surface area contributed by atoms with Gasteiger partial charge in [-0.3, -0.25) is 9.11 Å². The molecule has 0 unspecified atom stereocenters. The van der Waals surface area contributed by atoms with Crippen LogP contribution in [0.4, 0.5) is 0 Å². The molecule has 0 aromatic rings. The van der Waals surface area contributed by atoms with Gasteiger partial charge >= 0.3 is 63.9 Å². The van der Waals surface area contributed by atoms with E-state index in [4.69, 9.17) is 17.5 Å². The minimum atomic E-state index is -4.67. The standard InChI is InChI=1S/Na.H2O4S.Sn.3H/c;1-5(2,3)4;;;;/h;(H2,1,2,3,4);;;;. The van der Waals surface area contributed by atoms with Crippen LogP contribution in [-0.4, -0.2) is 71.0 Å². The number of rotatable bonds is 0. The molecule has 0 amide bonds. The quantitative estimate of drug-likeness (QED) is 0.373. The zero-order valence-corrected chi connectivity index (χ0v) is 7.68. The molecule has 0 bridgehead atoms. The third-order valence-electron chi connectivity index (χ3n) is 0. The summed E-state index contributed by atoms with van der Waals surface area (Å²) in [4.78, 5) is 0. The SMILES string of the molecule is O=S(=O)(O)O.[NaH].[SnH2]. The predicted octanol–water partition coefficient (Wildman–Crippen LogP) is -2.22. The molecule has 0 aromatic heterocycles. The second-order valence-electron chi connectivity index (χ2n) is 0.448. The number of hydrogen-bond acceptors (Lipinski definition) is 2. The van der Waals surface area contributed by atoms with Gasteiger partial charge in [0.15, 0.2) is 0 Å². The third kappa shape index (κ3) is 88.5. The van der Waals surface area contributed by atoms with Crippen LogP contribution in [0.15, 0.2) is 0 Å².